The molecule has 0 saturated carbocycles. The number of benzene rings is 1. The molecule has 3 nitrogen and oxygen atoms in total. The lowest BCUT2D eigenvalue weighted by Crippen LogP contribution is -2.21. The van der Waals surface area contributed by atoms with Crippen molar-refractivity contribution < 1.29 is 9.90 Å². The minimum atomic E-state index is -0.827. The van der Waals surface area contributed by atoms with E-state index in [1.807, 2.05) is 25.1 Å². The molecule has 0 fully saturated rings. The second-order valence-corrected chi connectivity index (χ2v) is 4.17. The van der Waals surface area contributed by atoms with Crippen molar-refractivity contribution in [3.8, 4) is 0 Å². The molecule has 98 valence electrons. The van der Waals surface area contributed by atoms with Gasteiger partial charge in [0.15, 0.2) is 0 Å². The highest BCUT2D eigenvalue weighted by molar-refractivity contribution is 5.86. The Labute approximate surface area is 109 Å². The number of rotatable bonds is 7. The van der Waals surface area contributed by atoms with Gasteiger partial charge in [-0.2, -0.15) is 0 Å². The second-order valence-electron chi connectivity index (χ2n) is 4.17. The van der Waals surface area contributed by atoms with Gasteiger partial charge < -0.3 is 10.4 Å². The molecule has 0 aliphatic heterocycles. The van der Waals surface area contributed by atoms with E-state index in [9.17, 15) is 4.79 Å². The van der Waals surface area contributed by atoms with Gasteiger partial charge in [-0.3, -0.25) is 0 Å². The third-order valence-corrected chi connectivity index (χ3v) is 2.98. The summed E-state index contributed by atoms with van der Waals surface area (Å²) in [5.41, 5.74) is 1.70. The van der Waals surface area contributed by atoms with Gasteiger partial charge in [0, 0.05) is 18.2 Å². The summed E-state index contributed by atoms with van der Waals surface area (Å²) in [6.07, 6.45) is 3.29. The van der Waals surface area contributed by atoms with Gasteiger partial charge in [-0.05, 0) is 18.4 Å². The molecule has 0 bridgehead atoms. The zero-order chi connectivity index (χ0) is 13.4. The Balaban J connectivity index is 2.58. The molecule has 0 aliphatic carbocycles. The van der Waals surface area contributed by atoms with Crippen LogP contribution >= 0.6 is 0 Å². The van der Waals surface area contributed by atoms with Crippen molar-refractivity contribution in [1.82, 2.24) is 5.32 Å². The fourth-order valence-electron chi connectivity index (χ4n) is 1.89. The Hall–Kier alpha value is -1.61. The number of nitrogens with one attached hydrogen (secondary N) is 1. The number of carboxylic acid groups (broad SMARTS) is 1. The maximum absolute atomic E-state index is 10.8. The number of hydrogen-bond acceptors (Lipinski definition) is 2. The molecule has 1 aromatic carbocycles. The highest BCUT2D eigenvalue weighted by Gasteiger charge is 2.08. The van der Waals surface area contributed by atoms with Gasteiger partial charge in [-0.15, -0.1) is 0 Å². The first-order chi connectivity index (χ1) is 8.69. The Morgan fingerprint density at radius 1 is 1.33 bits per heavy atom. The van der Waals surface area contributed by atoms with Crippen molar-refractivity contribution in [2.75, 3.05) is 6.54 Å². The van der Waals surface area contributed by atoms with E-state index < -0.39 is 5.97 Å². The van der Waals surface area contributed by atoms with Gasteiger partial charge in [-0.25, -0.2) is 4.79 Å². The van der Waals surface area contributed by atoms with Crippen LogP contribution in [0.15, 0.2) is 42.0 Å². The molecule has 0 aliphatic rings. The molecule has 1 unspecified atom stereocenters. The average Bonchev–Trinajstić information content (AvgIpc) is 2.39. The maximum Gasteiger partial charge on any atom is 0.331 e. The van der Waals surface area contributed by atoms with E-state index in [1.165, 1.54) is 5.56 Å². The lowest BCUT2D eigenvalue weighted by atomic mass is 10.0. The van der Waals surface area contributed by atoms with E-state index in [4.69, 9.17) is 5.11 Å². The van der Waals surface area contributed by atoms with Crippen LogP contribution in [0.4, 0.5) is 0 Å². The summed E-state index contributed by atoms with van der Waals surface area (Å²) in [6.45, 7) is 4.56. The third-order valence-electron chi connectivity index (χ3n) is 2.98. The first-order valence-corrected chi connectivity index (χ1v) is 6.39. The lowest BCUT2D eigenvalue weighted by Gasteiger charge is -2.16. The van der Waals surface area contributed by atoms with Crippen LogP contribution in [0.1, 0.15) is 38.3 Å². The second kappa shape index (κ2) is 7.67. The smallest absolute Gasteiger partial charge is 0.331 e. The van der Waals surface area contributed by atoms with Crippen LogP contribution < -0.4 is 5.32 Å². The van der Waals surface area contributed by atoms with Crippen LogP contribution in [0.2, 0.25) is 0 Å². The third kappa shape index (κ3) is 4.34. The Morgan fingerprint density at radius 3 is 2.50 bits per heavy atom. The van der Waals surface area contributed by atoms with Crippen LogP contribution in [0.25, 0.3) is 0 Å². The first kappa shape index (κ1) is 14.5. The van der Waals surface area contributed by atoms with Crippen LogP contribution in [0.5, 0.6) is 0 Å². The monoisotopic (exact) mass is 247 g/mol. The van der Waals surface area contributed by atoms with Gasteiger partial charge >= 0.3 is 5.97 Å². The Kier molecular flexibility index (Phi) is 6.15. The van der Waals surface area contributed by atoms with Crippen molar-refractivity contribution >= 4 is 5.97 Å². The molecular weight excluding hydrogens is 226 g/mol. The zero-order valence-corrected chi connectivity index (χ0v) is 11.0. The summed E-state index contributed by atoms with van der Waals surface area (Å²) >= 11 is 0. The Morgan fingerprint density at radius 2 is 2.00 bits per heavy atom. The van der Waals surface area contributed by atoms with Crippen molar-refractivity contribution in [3.63, 3.8) is 0 Å². The number of carboxylic acids is 1. The van der Waals surface area contributed by atoms with Crippen molar-refractivity contribution in [1.29, 1.82) is 0 Å². The maximum atomic E-state index is 10.8. The number of carbonyl (C=O) groups is 1. The quantitative estimate of drug-likeness (QED) is 0.728. The summed E-state index contributed by atoms with van der Waals surface area (Å²) < 4.78 is 0. The van der Waals surface area contributed by atoms with E-state index in [1.54, 1.807) is 6.08 Å². The van der Waals surface area contributed by atoms with Crippen molar-refractivity contribution in [2.45, 2.75) is 32.7 Å². The summed E-state index contributed by atoms with van der Waals surface area (Å²) in [4.78, 5) is 10.8. The van der Waals surface area contributed by atoms with Crippen molar-refractivity contribution in [2.24, 2.45) is 0 Å². The summed E-state index contributed by atoms with van der Waals surface area (Å²) in [5, 5.41) is 12.3. The predicted molar refractivity (Wildman–Crippen MR) is 73.5 cm³/mol. The molecule has 0 amide bonds. The molecule has 18 heavy (non-hydrogen) atoms. The molecule has 1 atom stereocenters. The molecule has 3 heteroatoms. The minimum absolute atomic E-state index is 0.273. The minimum Gasteiger partial charge on any atom is -0.478 e. The van der Waals surface area contributed by atoms with Gasteiger partial charge in [0.25, 0.3) is 0 Å². The average molecular weight is 247 g/mol. The van der Waals surface area contributed by atoms with Crippen LogP contribution in [-0.2, 0) is 4.79 Å². The van der Waals surface area contributed by atoms with E-state index >= 15 is 0 Å². The van der Waals surface area contributed by atoms with E-state index in [-0.39, 0.29) is 6.04 Å². The van der Waals surface area contributed by atoms with Gasteiger partial charge in [-0.1, -0.05) is 50.3 Å². The van der Waals surface area contributed by atoms with E-state index in [2.05, 4.69) is 24.4 Å². The highest BCUT2D eigenvalue weighted by Crippen LogP contribution is 2.15. The van der Waals surface area contributed by atoms with Crippen LogP contribution in [-0.4, -0.2) is 17.6 Å². The molecule has 0 saturated heterocycles. The largest absolute Gasteiger partial charge is 0.478 e. The molecule has 0 aromatic heterocycles. The molecular formula is C15H21NO2. The fourth-order valence-corrected chi connectivity index (χ4v) is 1.89. The normalized spacial score (nSPS) is 13.3. The first-order valence-electron chi connectivity index (χ1n) is 6.39. The van der Waals surface area contributed by atoms with Crippen LogP contribution in [0, 0.1) is 0 Å². The fraction of sp³-hybridized carbons (Fsp3) is 0.400. The van der Waals surface area contributed by atoms with Gasteiger partial charge in [0.05, 0.1) is 0 Å². The topological polar surface area (TPSA) is 49.3 Å². The van der Waals surface area contributed by atoms with E-state index in [0.29, 0.717) is 18.5 Å². The molecule has 0 heterocycles. The van der Waals surface area contributed by atoms with Crippen molar-refractivity contribution in [3.05, 3.63) is 47.5 Å². The van der Waals surface area contributed by atoms with Gasteiger partial charge in [0.2, 0.25) is 0 Å². The molecule has 2 N–H and O–H groups in total. The molecule has 0 radical (unpaired) electrons. The van der Waals surface area contributed by atoms with E-state index in [0.717, 1.165) is 6.42 Å². The van der Waals surface area contributed by atoms with Crippen LogP contribution in [0.3, 0.4) is 0 Å². The lowest BCUT2D eigenvalue weighted by molar-refractivity contribution is -0.132. The standard InChI is InChI=1S/C15H21NO2/c1-3-12(15(17)18)10-11-16-14(4-2)13-8-6-5-7-9-13/h5-10,14,16H,3-4,11H2,1-2H3,(H,17,18)/b12-10-. The SMILES string of the molecule is CC/C(=C/CNC(CC)c1ccccc1)C(=O)O. The predicted octanol–water partition coefficient (Wildman–Crippen LogP) is 3.15. The number of aliphatic carboxylic acids is 1. The molecule has 0 spiro atoms. The summed E-state index contributed by atoms with van der Waals surface area (Å²) in [5.74, 6) is -0.827. The zero-order valence-electron chi connectivity index (χ0n) is 11.0. The summed E-state index contributed by atoms with van der Waals surface area (Å²) in [6, 6.07) is 10.5. The summed E-state index contributed by atoms with van der Waals surface area (Å²) in [7, 11) is 0. The Bertz CT molecular complexity index is 398. The number of hydrogen-bond donors (Lipinski definition) is 2. The molecule has 1 rings (SSSR count). The van der Waals surface area contributed by atoms with Gasteiger partial charge in [0.1, 0.15) is 0 Å². The molecule has 1 aromatic rings. The highest BCUT2D eigenvalue weighted by atomic mass is 16.4.